The van der Waals surface area contributed by atoms with Crippen molar-refractivity contribution in [2.75, 3.05) is 38.5 Å². The molecular weight excluding hydrogens is 803 g/mol. The minimum atomic E-state index is -4.39. The number of sulfonamides is 1. The Morgan fingerprint density at radius 2 is 1.83 bits per heavy atom. The van der Waals surface area contributed by atoms with Crippen LogP contribution in [0.3, 0.4) is 0 Å². The lowest BCUT2D eigenvalue weighted by atomic mass is 9.89. The first-order valence-corrected chi connectivity index (χ1v) is 21.0. The molecule has 2 aliphatic rings. The molecule has 2 amide bonds. The molecule has 2 saturated heterocycles. The molecule has 6 aromatic rings. The van der Waals surface area contributed by atoms with Gasteiger partial charge in [0.2, 0.25) is 33.4 Å². The smallest absolute Gasteiger partial charge is 0.329 e. The highest BCUT2D eigenvalue weighted by molar-refractivity contribution is 7.89. The standard InChI is InChI=1S/C39H44F2N12O6S/c1-22(2)59-35-34(25-19-43-44-20-25)42-21-52-36(35)47-38(48-52)45-26-7-10-30(33(41)32(26)40)60(57,58)49(3)14-5-15-51-16-12-23(13-17-51)24-6-8-27-29(18-24)50(4)39(56)53(27)28-9-11-31(54)46-37(28)55/h6-8,10,18-23,28H,5,9,11-17H2,1-4H3,(H,43,44)(H,45,48)(H,46,54,55)/t28-/m0/s1. The van der Waals surface area contributed by atoms with E-state index in [2.05, 4.69) is 40.8 Å². The van der Waals surface area contributed by atoms with E-state index in [4.69, 9.17) is 4.74 Å². The molecule has 3 N–H and O–H groups in total. The summed E-state index contributed by atoms with van der Waals surface area (Å²) in [5.41, 5.74) is 3.11. The number of imidazole rings is 1. The van der Waals surface area contributed by atoms with Crippen molar-refractivity contribution in [3.8, 4) is 17.0 Å². The first kappa shape index (κ1) is 40.7. The first-order valence-electron chi connectivity index (χ1n) is 19.6. The normalized spacial score (nSPS) is 17.0. The maximum absolute atomic E-state index is 15.5. The average molecular weight is 847 g/mol. The summed E-state index contributed by atoms with van der Waals surface area (Å²) >= 11 is 0. The van der Waals surface area contributed by atoms with E-state index >= 15 is 8.78 Å². The molecule has 60 heavy (non-hydrogen) atoms. The number of imide groups is 1. The van der Waals surface area contributed by atoms with Gasteiger partial charge in [-0.05, 0) is 94.9 Å². The fourth-order valence-corrected chi connectivity index (χ4v) is 9.19. The molecule has 1 atom stereocenters. The van der Waals surface area contributed by atoms with Gasteiger partial charge in [0.25, 0.3) is 0 Å². The van der Waals surface area contributed by atoms with Crippen molar-refractivity contribution >= 4 is 50.2 Å². The summed E-state index contributed by atoms with van der Waals surface area (Å²) in [6.45, 7) is 5.87. The van der Waals surface area contributed by atoms with E-state index in [9.17, 15) is 22.8 Å². The van der Waals surface area contributed by atoms with Gasteiger partial charge in [0.15, 0.2) is 17.4 Å². The first-order chi connectivity index (χ1) is 28.7. The molecule has 0 saturated carbocycles. The zero-order valence-corrected chi connectivity index (χ0v) is 34.2. The molecule has 2 aromatic carbocycles. The summed E-state index contributed by atoms with van der Waals surface area (Å²) in [5, 5.41) is 15.9. The van der Waals surface area contributed by atoms with Gasteiger partial charge in [-0.25, -0.2) is 31.3 Å². The van der Waals surface area contributed by atoms with Gasteiger partial charge in [-0.15, -0.1) is 5.10 Å². The van der Waals surface area contributed by atoms with Crippen LogP contribution in [0.2, 0.25) is 0 Å². The van der Waals surface area contributed by atoms with E-state index in [-0.39, 0.29) is 60.3 Å². The zero-order valence-electron chi connectivity index (χ0n) is 33.4. The fraction of sp³-hybridized carbons (Fsp3) is 0.410. The minimum Gasteiger partial charge on any atom is -0.485 e. The van der Waals surface area contributed by atoms with Crippen molar-refractivity contribution in [3.05, 3.63) is 76.7 Å². The quantitative estimate of drug-likeness (QED) is 0.142. The highest BCUT2D eigenvalue weighted by atomic mass is 32.2. The van der Waals surface area contributed by atoms with Crippen molar-refractivity contribution in [2.45, 2.75) is 68.9 Å². The lowest BCUT2D eigenvalue weighted by Crippen LogP contribution is -2.44. The largest absolute Gasteiger partial charge is 0.485 e. The second-order valence-corrected chi connectivity index (χ2v) is 17.4. The number of hydrogen-bond donors (Lipinski definition) is 3. The Morgan fingerprint density at radius 1 is 1.05 bits per heavy atom. The Kier molecular flexibility index (Phi) is 11.0. The number of carbonyl (C=O) groups is 2. The Bertz CT molecular complexity index is 2780. The molecule has 8 rings (SSSR count). The van der Waals surface area contributed by atoms with Crippen molar-refractivity contribution in [2.24, 2.45) is 7.05 Å². The number of nitrogens with zero attached hydrogens (tertiary/aromatic N) is 9. The van der Waals surface area contributed by atoms with Crippen LogP contribution in [0.15, 0.2) is 58.7 Å². The maximum atomic E-state index is 15.5. The van der Waals surface area contributed by atoms with Crippen LogP contribution in [-0.2, 0) is 26.7 Å². The molecule has 2 aliphatic heterocycles. The third-order valence-corrected chi connectivity index (χ3v) is 13.0. The number of amides is 2. The number of halogens is 2. The lowest BCUT2D eigenvalue weighted by molar-refractivity contribution is -0.135. The third-order valence-electron chi connectivity index (χ3n) is 11.1. The van der Waals surface area contributed by atoms with E-state index in [1.807, 2.05) is 32.0 Å². The monoisotopic (exact) mass is 846 g/mol. The number of hydrogen-bond acceptors (Lipinski definition) is 12. The summed E-state index contributed by atoms with van der Waals surface area (Å²) in [5.74, 6) is -3.32. The van der Waals surface area contributed by atoms with E-state index in [1.165, 1.54) is 27.0 Å². The van der Waals surface area contributed by atoms with Crippen LogP contribution in [0.25, 0.3) is 27.9 Å². The number of aryl methyl sites for hydroxylation is 1. The Labute approximate surface area is 342 Å². The number of ether oxygens (including phenoxy) is 1. The van der Waals surface area contributed by atoms with Gasteiger partial charge in [0.05, 0.1) is 29.0 Å². The number of likely N-dealkylation sites (tertiary alicyclic amines) is 1. The van der Waals surface area contributed by atoms with Gasteiger partial charge in [-0.1, -0.05) is 6.07 Å². The van der Waals surface area contributed by atoms with Gasteiger partial charge in [-0.2, -0.15) is 14.6 Å². The van der Waals surface area contributed by atoms with Gasteiger partial charge < -0.3 is 15.0 Å². The summed E-state index contributed by atoms with van der Waals surface area (Å²) in [6.07, 6.45) is 6.94. The van der Waals surface area contributed by atoms with Crippen LogP contribution in [0, 0.1) is 11.6 Å². The number of fused-ring (bicyclic) bond motifs is 2. The molecule has 0 radical (unpaired) electrons. The molecular formula is C39H44F2N12O6S. The number of carbonyl (C=O) groups excluding carboxylic acids is 2. The molecule has 0 spiro atoms. The maximum Gasteiger partial charge on any atom is 0.329 e. The number of aromatic nitrogens is 8. The molecule has 4 aromatic heterocycles. The van der Waals surface area contributed by atoms with Crippen LogP contribution >= 0.6 is 0 Å². The summed E-state index contributed by atoms with van der Waals surface area (Å²) in [7, 11) is -1.38. The highest BCUT2D eigenvalue weighted by Crippen LogP contribution is 2.34. The van der Waals surface area contributed by atoms with Gasteiger partial charge in [0, 0.05) is 38.8 Å². The Morgan fingerprint density at radius 3 is 2.55 bits per heavy atom. The van der Waals surface area contributed by atoms with Crippen molar-refractivity contribution < 1.29 is 31.5 Å². The molecule has 0 aliphatic carbocycles. The Hall–Kier alpha value is -6.06. The second kappa shape index (κ2) is 16.2. The predicted octanol–water partition coefficient (Wildman–Crippen LogP) is 3.84. The number of anilines is 2. The van der Waals surface area contributed by atoms with E-state index in [0.717, 1.165) is 47.9 Å². The van der Waals surface area contributed by atoms with Crippen molar-refractivity contribution in [1.29, 1.82) is 0 Å². The lowest BCUT2D eigenvalue weighted by Gasteiger charge is -2.32. The zero-order chi connectivity index (χ0) is 42.5. The topological polar surface area (TPSA) is 207 Å². The van der Waals surface area contributed by atoms with E-state index in [1.54, 1.807) is 19.4 Å². The summed E-state index contributed by atoms with van der Waals surface area (Å²) in [6, 6.07) is 7.24. The number of H-pyrrole nitrogens is 1. The molecule has 0 unspecified atom stereocenters. The van der Waals surface area contributed by atoms with Crippen LogP contribution in [-0.4, -0.2) is 108 Å². The van der Waals surface area contributed by atoms with Crippen molar-refractivity contribution in [3.63, 3.8) is 0 Å². The second-order valence-electron chi connectivity index (χ2n) is 15.4. The molecule has 2 fully saturated rings. The van der Waals surface area contributed by atoms with Gasteiger partial charge >= 0.3 is 5.69 Å². The summed E-state index contributed by atoms with van der Waals surface area (Å²) < 4.78 is 69.3. The predicted molar refractivity (Wildman–Crippen MR) is 215 cm³/mol. The Balaban J connectivity index is 0.875. The number of nitrogens with one attached hydrogen (secondary N) is 3. The van der Waals surface area contributed by atoms with Crippen LogP contribution < -0.4 is 21.1 Å². The van der Waals surface area contributed by atoms with E-state index < -0.39 is 38.5 Å². The molecule has 316 valence electrons. The number of aromatic amines is 1. The number of rotatable bonds is 13. The number of piperidine rings is 2. The van der Waals surface area contributed by atoms with Gasteiger partial charge in [0.1, 0.15) is 23.0 Å². The molecule has 6 heterocycles. The van der Waals surface area contributed by atoms with E-state index in [0.29, 0.717) is 41.0 Å². The van der Waals surface area contributed by atoms with Crippen LogP contribution in [0.1, 0.15) is 63.5 Å². The SMILES string of the molecule is CC(C)Oc1c(-c2cn[nH]c2)ncn2nc(Nc3ccc(S(=O)(=O)N(C)CCCN4CCC(c5ccc6c(c5)n(C)c(=O)n6[C@H]5CCC(=O)NC5=O)CC4)c(F)c3F)nc12. The third kappa shape index (κ3) is 7.63. The number of benzene rings is 2. The molecule has 18 nitrogen and oxygen atoms in total. The van der Waals surface area contributed by atoms with Crippen molar-refractivity contribution in [1.82, 2.24) is 53.4 Å². The molecule has 0 bridgehead atoms. The summed E-state index contributed by atoms with van der Waals surface area (Å²) in [4.78, 5) is 47.7. The highest BCUT2D eigenvalue weighted by Gasteiger charge is 2.32. The van der Waals surface area contributed by atoms with Gasteiger partial charge in [-0.3, -0.25) is 29.1 Å². The van der Waals surface area contributed by atoms with Crippen LogP contribution in [0.4, 0.5) is 20.4 Å². The fourth-order valence-electron chi connectivity index (χ4n) is 7.93. The average Bonchev–Trinajstić information content (AvgIpc) is 3.96. The minimum absolute atomic E-state index is 0.0823. The molecule has 21 heteroatoms. The van der Waals surface area contributed by atoms with Crippen LogP contribution in [0.5, 0.6) is 5.75 Å².